The average molecular weight is 548 g/mol. The van der Waals surface area contributed by atoms with Gasteiger partial charge in [-0.15, -0.1) is 0 Å². The van der Waals surface area contributed by atoms with E-state index in [0.29, 0.717) is 22.4 Å². The first kappa shape index (κ1) is 23.0. The normalized spacial score (nSPS) is 10.4. The van der Waals surface area contributed by atoms with Crippen molar-refractivity contribution < 1.29 is 23.8 Å². The molecule has 160 valence electrons. The van der Waals surface area contributed by atoms with Gasteiger partial charge in [0.25, 0.3) is 0 Å². The van der Waals surface area contributed by atoms with E-state index in [0.717, 1.165) is 17.3 Å². The number of hydrogen-bond donors (Lipinski definition) is 0. The smallest absolute Gasteiger partial charge is 0.349 e. The summed E-state index contributed by atoms with van der Waals surface area (Å²) in [5.74, 6) is -0.264. The Balaban J connectivity index is 1.46. The Morgan fingerprint density at radius 2 is 1.68 bits per heavy atom. The summed E-state index contributed by atoms with van der Waals surface area (Å²) in [6.07, 6.45) is 1.56. The molecule has 0 unspecified atom stereocenters. The Morgan fingerprint density at radius 3 is 2.45 bits per heavy atom. The van der Waals surface area contributed by atoms with Crippen molar-refractivity contribution in [3.63, 3.8) is 0 Å². The minimum atomic E-state index is -0.580. The van der Waals surface area contributed by atoms with E-state index in [1.54, 1.807) is 30.3 Å². The molecule has 0 aromatic heterocycles. The lowest BCUT2D eigenvalue weighted by atomic mass is 10.1. The average Bonchev–Trinajstić information content (AvgIpc) is 2.77. The van der Waals surface area contributed by atoms with Crippen LogP contribution in [0.3, 0.4) is 0 Å². The Bertz CT molecular complexity index is 1040. The van der Waals surface area contributed by atoms with Crippen molar-refractivity contribution in [2.75, 3.05) is 13.2 Å². The molecule has 0 aliphatic rings. The molecule has 3 aromatic rings. The van der Waals surface area contributed by atoms with Crippen molar-refractivity contribution in [3.8, 4) is 11.5 Å². The monoisotopic (exact) mass is 546 g/mol. The van der Waals surface area contributed by atoms with Gasteiger partial charge in [-0.1, -0.05) is 52.3 Å². The predicted octanol–water partition coefficient (Wildman–Crippen LogP) is 5.99. The molecule has 0 bridgehead atoms. The second-order valence-corrected chi connectivity index (χ2v) is 8.36. The SMILES string of the molecule is O=C(COc1ccc(Br)cc1Br)Oc1cccc(C(=O)OCCCc2ccccc2)c1. The second kappa shape index (κ2) is 11.7. The summed E-state index contributed by atoms with van der Waals surface area (Å²) in [7, 11) is 0. The fraction of sp³-hybridized carbons (Fsp3) is 0.167. The van der Waals surface area contributed by atoms with E-state index in [9.17, 15) is 9.59 Å². The number of carbonyl (C=O) groups excluding carboxylic acids is 2. The summed E-state index contributed by atoms with van der Waals surface area (Å²) < 4.78 is 17.7. The fourth-order valence-corrected chi connectivity index (χ4v) is 3.91. The molecule has 5 nitrogen and oxygen atoms in total. The summed E-state index contributed by atoms with van der Waals surface area (Å²) in [4.78, 5) is 24.4. The van der Waals surface area contributed by atoms with Crippen molar-refractivity contribution >= 4 is 43.8 Å². The van der Waals surface area contributed by atoms with Crippen molar-refractivity contribution in [2.45, 2.75) is 12.8 Å². The Kier molecular flexibility index (Phi) is 8.67. The first-order valence-electron chi connectivity index (χ1n) is 9.61. The molecule has 3 rings (SSSR count). The molecule has 0 N–H and O–H groups in total. The van der Waals surface area contributed by atoms with Crippen LogP contribution >= 0.6 is 31.9 Å². The van der Waals surface area contributed by atoms with Gasteiger partial charge >= 0.3 is 11.9 Å². The number of hydrogen-bond acceptors (Lipinski definition) is 5. The van der Waals surface area contributed by atoms with Crippen LogP contribution in [0.2, 0.25) is 0 Å². The quantitative estimate of drug-likeness (QED) is 0.187. The summed E-state index contributed by atoms with van der Waals surface area (Å²) >= 11 is 6.72. The third-order valence-corrected chi connectivity index (χ3v) is 5.34. The molecule has 0 heterocycles. The maximum atomic E-state index is 12.3. The maximum absolute atomic E-state index is 12.3. The zero-order valence-electron chi connectivity index (χ0n) is 16.6. The standard InChI is InChI=1S/C24H20Br2O5/c25-19-11-12-22(21(26)15-19)30-16-23(27)31-20-10-4-9-18(14-20)24(28)29-13-5-8-17-6-2-1-3-7-17/h1-4,6-7,9-12,14-15H,5,8,13,16H2. The molecule has 0 spiro atoms. The molecule has 0 amide bonds. The van der Waals surface area contributed by atoms with Crippen LogP contribution in [0.4, 0.5) is 0 Å². The predicted molar refractivity (Wildman–Crippen MR) is 124 cm³/mol. The molecule has 0 saturated carbocycles. The first-order valence-corrected chi connectivity index (χ1v) is 11.2. The van der Waals surface area contributed by atoms with E-state index in [2.05, 4.69) is 31.9 Å². The van der Waals surface area contributed by atoms with Gasteiger partial charge < -0.3 is 14.2 Å². The van der Waals surface area contributed by atoms with Gasteiger partial charge in [0.05, 0.1) is 16.6 Å². The van der Waals surface area contributed by atoms with E-state index in [1.807, 2.05) is 36.4 Å². The lowest BCUT2D eigenvalue weighted by Crippen LogP contribution is -2.18. The van der Waals surface area contributed by atoms with Crippen molar-refractivity contribution in [1.29, 1.82) is 0 Å². The van der Waals surface area contributed by atoms with Gasteiger partial charge in [-0.05, 0) is 70.7 Å². The molecule has 0 aliphatic heterocycles. The molecule has 0 fully saturated rings. The van der Waals surface area contributed by atoms with Crippen molar-refractivity contribution in [2.24, 2.45) is 0 Å². The Morgan fingerprint density at radius 1 is 0.871 bits per heavy atom. The molecule has 31 heavy (non-hydrogen) atoms. The zero-order chi connectivity index (χ0) is 22.1. The summed E-state index contributed by atoms with van der Waals surface area (Å²) in [6.45, 7) is 0.0437. The van der Waals surface area contributed by atoms with Crippen molar-refractivity contribution in [3.05, 3.63) is 92.9 Å². The van der Waals surface area contributed by atoms with Crippen LogP contribution < -0.4 is 9.47 Å². The van der Waals surface area contributed by atoms with Gasteiger partial charge in [0.2, 0.25) is 0 Å². The number of rotatable bonds is 9. The zero-order valence-corrected chi connectivity index (χ0v) is 19.7. The van der Waals surface area contributed by atoms with Gasteiger partial charge in [-0.2, -0.15) is 0 Å². The second-order valence-electron chi connectivity index (χ2n) is 6.59. The molecule has 0 radical (unpaired) electrons. The maximum Gasteiger partial charge on any atom is 0.349 e. The van der Waals surface area contributed by atoms with Gasteiger partial charge in [0, 0.05) is 4.47 Å². The minimum absolute atomic E-state index is 0.252. The lowest BCUT2D eigenvalue weighted by molar-refractivity contribution is -0.136. The van der Waals surface area contributed by atoms with Crippen LogP contribution in [0.15, 0.2) is 81.7 Å². The number of esters is 2. The van der Waals surface area contributed by atoms with Crippen molar-refractivity contribution in [1.82, 2.24) is 0 Å². The van der Waals surface area contributed by atoms with Crippen LogP contribution in [0.1, 0.15) is 22.3 Å². The van der Waals surface area contributed by atoms with Crippen LogP contribution in [0, 0.1) is 0 Å². The van der Waals surface area contributed by atoms with Crippen LogP contribution in [0.5, 0.6) is 11.5 Å². The Hall–Kier alpha value is -2.64. The van der Waals surface area contributed by atoms with E-state index < -0.39 is 11.9 Å². The highest BCUT2D eigenvalue weighted by atomic mass is 79.9. The highest BCUT2D eigenvalue weighted by molar-refractivity contribution is 9.11. The number of benzene rings is 3. The lowest BCUT2D eigenvalue weighted by Gasteiger charge is -2.09. The van der Waals surface area contributed by atoms with Gasteiger partial charge in [0.1, 0.15) is 11.5 Å². The van der Waals surface area contributed by atoms with Crippen LogP contribution in [-0.2, 0) is 16.0 Å². The topological polar surface area (TPSA) is 61.8 Å². The first-order chi connectivity index (χ1) is 15.0. The van der Waals surface area contributed by atoms with E-state index in [1.165, 1.54) is 11.6 Å². The van der Waals surface area contributed by atoms with Gasteiger partial charge in [-0.3, -0.25) is 0 Å². The Labute approximate surface area is 197 Å². The summed E-state index contributed by atoms with van der Waals surface area (Å²) in [5.41, 5.74) is 1.52. The third-order valence-electron chi connectivity index (χ3n) is 4.23. The van der Waals surface area contributed by atoms with Gasteiger partial charge in [0.15, 0.2) is 6.61 Å². The summed E-state index contributed by atoms with van der Waals surface area (Å²) in [6, 6.07) is 21.7. The molecular weight excluding hydrogens is 528 g/mol. The summed E-state index contributed by atoms with van der Waals surface area (Å²) in [5, 5.41) is 0. The van der Waals surface area contributed by atoms with Crippen LogP contribution in [-0.4, -0.2) is 25.2 Å². The van der Waals surface area contributed by atoms with Crippen LogP contribution in [0.25, 0.3) is 0 Å². The fourth-order valence-electron chi connectivity index (χ4n) is 2.75. The number of aryl methyl sites for hydroxylation is 1. The number of carbonyl (C=O) groups is 2. The van der Waals surface area contributed by atoms with E-state index in [-0.39, 0.29) is 12.4 Å². The number of ether oxygens (including phenoxy) is 3. The van der Waals surface area contributed by atoms with Gasteiger partial charge in [-0.25, -0.2) is 9.59 Å². The number of halogens is 2. The highest BCUT2D eigenvalue weighted by Crippen LogP contribution is 2.28. The molecule has 7 heteroatoms. The molecule has 0 aliphatic carbocycles. The minimum Gasteiger partial charge on any atom is -0.481 e. The van der Waals surface area contributed by atoms with E-state index in [4.69, 9.17) is 14.2 Å². The molecule has 3 aromatic carbocycles. The largest absolute Gasteiger partial charge is 0.481 e. The molecule has 0 saturated heterocycles. The molecular formula is C24H20Br2O5. The highest BCUT2D eigenvalue weighted by Gasteiger charge is 2.12. The van der Waals surface area contributed by atoms with E-state index >= 15 is 0 Å². The molecule has 0 atom stereocenters. The third kappa shape index (κ3) is 7.52.